The zero-order chi connectivity index (χ0) is 17.5. The highest BCUT2D eigenvalue weighted by atomic mass is 35.5. The molecule has 0 amide bonds. The van der Waals surface area contributed by atoms with Gasteiger partial charge < -0.3 is 4.52 Å². The van der Waals surface area contributed by atoms with Crippen LogP contribution < -0.4 is 0 Å². The largest absolute Gasteiger partial charge is 0.356 e. The summed E-state index contributed by atoms with van der Waals surface area (Å²) in [5, 5.41) is 18.6. The van der Waals surface area contributed by atoms with Crippen molar-refractivity contribution in [2.24, 2.45) is 0 Å². The Morgan fingerprint density at radius 1 is 0.923 bits per heavy atom. The first kappa shape index (κ1) is 15.2. The minimum absolute atomic E-state index is 0.658. The van der Waals surface area contributed by atoms with Crippen LogP contribution in [0.15, 0.2) is 65.2 Å². The molecule has 26 heavy (non-hydrogen) atoms. The normalized spacial score (nSPS) is 11.3. The Morgan fingerprint density at radius 3 is 2.54 bits per heavy atom. The number of hydrogen-bond donors (Lipinski definition) is 0. The molecule has 5 rings (SSSR count). The first-order valence-electron chi connectivity index (χ1n) is 7.78. The van der Waals surface area contributed by atoms with Gasteiger partial charge in [0.05, 0.1) is 0 Å². The lowest BCUT2D eigenvalue weighted by Gasteiger charge is -1.96. The molecular formula is C18H10ClN5OS. The fourth-order valence-electron chi connectivity index (χ4n) is 2.61. The summed E-state index contributed by atoms with van der Waals surface area (Å²) in [4.78, 5) is 0.689. The first-order valence-corrected chi connectivity index (χ1v) is 8.98. The van der Waals surface area contributed by atoms with Crippen LogP contribution in [0.3, 0.4) is 0 Å². The lowest BCUT2D eigenvalue weighted by molar-refractivity contribution is 0.435. The average Bonchev–Trinajstić information content (AvgIpc) is 3.38. The quantitative estimate of drug-likeness (QED) is 0.449. The van der Waals surface area contributed by atoms with Gasteiger partial charge in [-0.25, -0.2) is 0 Å². The van der Waals surface area contributed by atoms with Crippen molar-refractivity contribution in [3.05, 3.63) is 65.7 Å². The van der Waals surface area contributed by atoms with E-state index in [1.165, 1.54) is 11.3 Å². The van der Waals surface area contributed by atoms with E-state index in [-0.39, 0.29) is 0 Å². The van der Waals surface area contributed by atoms with Gasteiger partial charge in [0.1, 0.15) is 5.69 Å². The molecule has 8 heteroatoms. The molecule has 0 bridgehead atoms. The van der Waals surface area contributed by atoms with E-state index in [2.05, 4.69) is 20.5 Å². The molecule has 3 heterocycles. The van der Waals surface area contributed by atoms with Crippen molar-refractivity contribution >= 4 is 27.9 Å². The van der Waals surface area contributed by atoms with Crippen LogP contribution in [0.2, 0.25) is 5.02 Å². The van der Waals surface area contributed by atoms with Crippen LogP contribution in [0.5, 0.6) is 0 Å². The van der Waals surface area contributed by atoms with Gasteiger partial charge in [-0.3, -0.25) is 0 Å². The van der Waals surface area contributed by atoms with E-state index in [0.717, 1.165) is 16.1 Å². The van der Waals surface area contributed by atoms with Crippen molar-refractivity contribution in [1.29, 1.82) is 0 Å². The topological polar surface area (TPSA) is 69.1 Å². The molecule has 5 aromatic rings. The molecular weight excluding hydrogens is 370 g/mol. The molecule has 0 spiro atoms. The lowest BCUT2D eigenvalue weighted by Crippen LogP contribution is -1.90. The Balaban J connectivity index is 1.55. The number of aromatic nitrogens is 5. The maximum atomic E-state index is 5.95. The van der Waals surface area contributed by atoms with Crippen LogP contribution in [0.25, 0.3) is 38.4 Å². The molecule has 0 atom stereocenters. The highest BCUT2D eigenvalue weighted by Gasteiger charge is 2.17. The molecule has 6 nitrogen and oxygen atoms in total. The molecule has 0 aliphatic rings. The van der Waals surface area contributed by atoms with E-state index in [9.17, 15) is 0 Å². The Labute approximate surface area is 156 Å². The van der Waals surface area contributed by atoms with E-state index in [1.807, 2.05) is 60.7 Å². The molecule has 0 aliphatic carbocycles. The van der Waals surface area contributed by atoms with Gasteiger partial charge in [0.15, 0.2) is 16.6 Å². The third-order valence-electron chi connectivity index (χ3n) is 3.88. The zero-order valence-electron chi connectivity index (χ0n) is 13.2. The Bertz CT molecular complexity index is 1190. The van der Waals surface area contributed by atoms with Crippen LogP contribution in [0, 0.1) is 0 Å². The predicted octanol–water partition coefficient (Wildman–Crippen LogP) is 4.83. The lowest BCUT2D eigenvalue weighted by atomic mass is 10.2. The van der Waals surface area contributed by atoms with Gasteiger partial charge >= 0.3 is 0 Å². The molecule has 0 saturated heterocycles. The Hall–Kier alpha value is -3.03. The molecule has 126 valence electrons. The van der Waals surface area contributed by atoms with E-state index < -0.39 is 0 Å². The summed E-state index contributed by atoms with van der Waals surface area (Å²) in [5.41, 5.74) is 2.53. The Morgan fingerprint density at radius 2 is 1.73 bits per heavy atom. The maximum Gasteiger partial charge on any atom is 0.235 e. The number of rotatable bonds is 3. The molecule has 3 aromatic heterocycles. The summed E-state index contributed by atoms with van der Waals surface area (Å²) in [6, 6.07) is 19.1. The number of halogens is 1. The van der Waals surface area contributed by atoms with E-state index in [0.29, 0.717) is 27.3 Å². The third kappa shape index (κ3) is 2.58. The van der Waals surface area contributed by atoms with E-state index >= 15 is 0 Å². The molecule has 0 fully saturated rings. The van der Waals surface area contributed by atoms with Gasteiger partial charge in [0.25, 0.3) is 0 Å². The van der Waals surface area contributed by atoms with Crippen molar-refractivity contribution in [1.82, 2.24) is 25.0 Å². The van der Waals surface area contributed by atoms with E-state index in [4.69, 9.17) is 16.1 Å². The molecule has 0 radical (unpaired) electrons. The maximum absolute atomic E-state index is 5.95. The second kappa shape index (κ2) is 6.05. The molecule has 2 aromatic carbocycles. The standard InChI is InChI=1S/C18H10ClN5OS/c19-13-8-6-12(7-9-13)16-20-21-18-24(16)22-17(26-18)14-10-15(25-23-14)11-4-2-1-3-5-11/h1-10H. The highest BCUT2D eigenvalue weighted by molar-refractivity contribution is 7.19. The zero-order valence-corrected chi connectivity index (χ0v) is 14.8. The van der Waals surface area contributed by atoms with Crippen molar-refractivity contribution in [3.63, 3.8) is 0 Å². The van der Waals surface area contributed by atoms with Crippen molar-refractivity contribution in [2.75, 3.05) is 0 Å². The average molecular weight is 380 g/mol. The summed E-state index contributed by atoms with van der Waals surface area (Å²) in [7, 11) is 0. The van der Waals surface area contributed by atoms with Crippen molar-refractivity contribution in [3.8, 4) is 33.4 Å². The predicted molar refractivity (Wildman–Crippen MR) is 100 cm³/mol. The molecule has 0 N–H and O–H groups in total. The smallest absolute Gasteiger partial charge is 0.235 e. The van der Waals surface area contributed by atoms with Crippen LogP contribution >= 0.6 is 22.9 Å². The summed E-state index contributed by atoms with van der Waals surface area (Å²) in [5.74, 6) is 1.36. The first-order chi connectivity index (χ1) is 12.8. The van der Waals surface area contributed by atoms with Gasteiger partial charge in [-0.1, -0.05) is 58.4 Å². The minimum Gasteiger partial charge on any atom is -0.356 e. The van der Waals surface area contributed by atoms with Crippen molar-refractivity contribution in [2.45, 2.75) is 0 Å². The van der Waals surface area contributed by atoms with Gasteiger partial charge in [0.2, 0.25) is 4.96 Å². The number of hydrogen-bond acceptors (Lipinski definition) is 6. The number of fused-ring (bicyclic) bond motifs is 1. The Kier molecular flexibility index (Phi) is 3.55. The van der Waals surface area contributed by atoms with Gasteiger partial charge in [-0.05, 0) is 24.3 Å². The van der Waals surface area contributed by atoms with Crippen LogP contribution in [0.1, 0.15) is 0 Å². The van der Waals surface area contributed by atoms with Crippen molar-refractivity contribution < 1.29 is 4.52 Å². The van der Waals surface area contributed by atoms with Crippen LogP contribution in [0.4, 0.5) is 0 Å². The number of benzene rings is 2. The SMILES string of the molecule is Clc1ccc(-c2nnc3sc(-c4cc(-c5ccccc5)on4)nn23)cc1. The highest BCUT2D eigenvalue weighted by Crippen LogP contribution is 2.30. The fourth-order valence-corrected chi connectivity index (χ4v) is 3.53. The van der Waals surface area contributed by atoms with Crippen LogP contribution in [-0.2, 0) is 0 Å². The summed E-state index contributed by atoms with van der Waals surface area (Å²) < 4.78 is 7.17. The van der Waals surface area contributed by atoms with E-state index in [1.54, 1.807) is 4.52 Å². The van der Waals surface area contributed by atoms with Crippen LogP contribution in [-0.4, -0.2) is 25.0 Å². The molecule has 0 unspecified atom stereocenters. The molecule has 0 saturated carbocycles. The molecule has 0 aliphatic heterocycles. The van der Waals surface area contributed by atoms with Gasteiger partial charge in [0, 0.05) is 22.2 Å². The number of nitrogens with zero attached hydrogens (tertiary/aromatic N) is 5. The third-order valence-corrected chi connectivity index (χ3v) is 5.05. The fraction of sp³-hybridized carbons (Fsp3) is 0. The summed E-state index contributed by atoms with van der Waals surface area (Å²) in [6.45, 7) is 0. The monoisotopic (exact) mass is 379 g/mol. The minimum atomic E-state index is 0.658. The van der Waals surface area contributed by atoms with Gasteiger partial charge in [-0.15, -0.1) is 10.2 Å². The summed E-state index contributed by atoms with van der Waals surface area (Å²) in [6.07, 6.45) is 0. The van der Waals surface area contributed by atoms with Gasteiger partial charge in [-0.2, -0.15) is 9.61 Å². The second-order valence-electron chi connectivity index (χ2n) is 5.57. The second-order valence-corrected chi connectivity index (χ2v) is 6.97. The summed E-state index contributed by atoms with van der Waals surface area (Å²) >= 11 is 7.36.